The van der Waals surface area contributed by atoms with Crippen molar-refractivity contribution < 1.29 is 13.9 Å². The maximum atomic E-state index is 13.2. The molecule has 0 N–H and O–H groups in total. The van der Waals surface area contributed by atoms with Crippen LogP contribution in [-0.2, 0) is 4.79 Å². The number of benzene rings is 2. The largest absolute Gasteiger partial charge is 0.464 e. The van der Waals surface area contributed by atoms with E-state index >= 15 is 0 Å². The molecule has 1 unspecified atom stereocenters. The van der Waals surface area contributed by atoms with Gasteiger partial charge in [0, 0.05) is 17.0 Å². The van der Waals surface area contributed by atoms with Crippen LogP contribution in [0.1, 0.15) is 29.0 Å². The van der Waals surface area contributed by atoms with Crippen molar-refractivity contribution in [2.45, 2.75) is 19.3 Å². The molecule has 1 atom stereocenters. The lowest BCUT2D eigenvalue weighted by atomic mass is 9.89. The minimum atomic E-state index is -0.761. The Morgan fingerprint density at radius 2 is 1.87 bits per heavy atom. The van der Waals surface area contributed by atoms with Crippen LogP contribution in [0.15, 0.2) is 68.8 Å². The molecule has 3 heterocycles. The normalized spacial score (nSPS) is 15.6. The summed E-state index contributed by atoms with van der Waals surface area (Å²) in [7, 11) is 0. The molecule has 0 bridgehead atoms. The van der Waals surface area contributed by atoms with Crippen molar-refractivity contribution >= 4 is 28.3 Å². The van der Waals surface area contributed by atoms with E-state index in [0.29, 0.717) is 16.0 Å². The van der Waals surface area contributed by atoms with E-state index in [2.05, 4.69) is 4.98 Å². The fourth-order valence-electron chi connectivity index (χ4n) is 3.66. The van der Waals surface area contributed by atoms with Gasteiger partial charge in [0.25, 0.3) is 0 Å². The molecule has 2 aromatic heterocycles. The van der Waals surface area contributed by atoms with Gasteiger partial charge >= 0.3 is 5.97 Å². The number of fused-ring (bicyclic) bond motifs is 2. The van der Waals surface area contributed by atoms with Crippen molar-refractivity contribution in [3.8, 4) is 16.5 Å². The molecule has 0 saturated carbocycles. The lowest BCUT2D eigenvalue weighted by Crippen LogP contribution is -2.29. The van der Waals surface area contributed by atoms with Gasteiger partial charge in [0.05, 0.1) is 23.6 Å². The molecule has 0 fully saturated rings. The molecule has 1 aliphatic heterocycles. The van der Waals surface area contributed by atoms with Crippen molar-refractivity contribution in [2.24, 2.45) is 0 Å². The lowest BCUT2D eigenvalue weighted by Gasteiger charge is -2.22. The number of hydrogen-bond acceptors (Lipinski definition) is 7. The van der Waals surface area contributed by atoms with Gasteiger partial charge in [-0.15, -0.1) is 0 Å². The molecule has 0 radical (unpaired) electrons. The summed E-state index contributed by atoms with van der Waals surface area (Å²) in [5, 5.41) is 0.868. The van der Waals surface area contributed by atoms with Crippen LogP contribution in [0.5, 0.6) is 5.88 Å². The van der Waals surface area contributed by atoms with Gasteiger partial charge in [0.2, 0.25) is 10.6 Å². The van der Waals surface area contributed by atoms with E-state index in [-0.39, 0.29) is 33.6 Å². The predicted octanol–water partition coefficient (Wildman–Crippen LogP) is 4.03. The number of ether oxygens (including phenoxy) is 1. The minimum absolute atomic E-state index is 0.0393. The topological polar surface area (TPSA) is 86.5 Å². The fraction of sp³-hybridized carbons (Fsp3) is 0.130. The van der Waals surface area contributed by atoms with E-state index < -0.39 is 11.9 Å². The molecule has 0 amide bonds. The second-order valence-electron chi connectivity index (χ2n) is 7.14. The SMILES string of the molecule is Cc1ccc2occ(C3CC(=O)Oc4nc(-c5ccccc5)sc(=O)c43)c(=O)c2c1. The van der Waals surface area contributed by atoms with E-state index in [1.54, 1.807) is 12.1 Å². The van der Waals surface area contributed by atoms with Crippen molar-refractivity contribution in [3.63, 3.8) is 0 Å². The summed E-state index contributed by atoms with van der Waals surface area (Å²) in [4.78, 5) is 42.9. The summed E-state index contributed by atoms with van der Waals surface area (Å²) in [6.45, 7) is 1.88. The number of carbonyl (C=O) groups excluding carboxylic acids is 1. The predicted molar refractivity (Wildman–Crippen MR) is 113 cm³/mol. The van der Waals surface area contributed by atoms with Crippen molar-refractivity contribution in [1.29, 1.82) is 0 Å². The molecule has 148 valence electrons. The number of carbonyl (C=O) groups is 1. The molecule has 1 aliphatic rings. The highest BCUT2D eigenvalue weighted by molar-refractivity contribution is 7.12. The summed E-state index contributed by atoms with van der Waals surface area (Å²) >= 11 is 0.966. The van der Waals surface area contributed by atoms with Crippen LogP contribution in [0.3, 0.4) is 0 Å². The van der Waals surface area contributed by atoms with Gasteiger partial charge in [0.1, 0.15) is 10.6 Å². The standard InChI is InChI=1S/C23H15NO5S/c1-12-7-8-17-15(9-12)20(26)16(11-28-17)14-10-18(25)29-21-19(14)23(27)30-22(24-21)13-5-3-2-4-6-13/h2-9,11,14H,10H2,1H3. The van der Waals surface area contributed by atoms with Gasteiger partial charge in [-0.05, 0) is 19.1 Å². The molecule has 0 saturated heterocycles. The quantitative estimate of drug-likeness (QED) is 0.458. The second kappa shape index (κ2) is 7.03. The van der Waals surface area contributed by atoms with Gasteiger partial charge in [-0.3, -0.25) is 14.4 Å². The third-order valence-electron chi connectivity index (χ3n) is 5.12. The zero-order valence-electron chi connectivity index (χ0n) is 15.9. The van der Waals surface area contributed by atoms with E-state index in [4.69, 9.17) is 9.15 Å². The molecular weight excluding hydrogens is 402 g/mol. The first-order valence-corrected chi connectivity index (χ1v) is 10.2. The van der Waals surface area contributed by atoms with Crippen LogP contribution < -0.4 is 14.9 Å². The van der Waals surface area contributed by atoms with Crippen LogP contribution in [0.2, 0.25) is 0 Å². The summed E-state index contributed by atoms with van der Waals surface area (Å²) in [5.41, 5.74) is 2.33. The van der Waals surface area contributed by atoms with Crippen LogP contribution >= 0.6 is 11.3 Å². The average Bonchev–Trinajstić information content (AvgIpc) is 2.74. The average molecular weight is 417 g/mol. The number of rotatable bonds is 2. The highest BCUT2D eigenvalue weighted by Crippen LogP contribution is 2.37. The first-order chi connectivity index (χ1) is 14.5. The van der Waals surface area contributed by atoms with Crippen LogP contribution in [0, 0.1) is 6.92 Å². The van der Waals surface area contributed by atoms with Crippen LogP contribution in [0.25, 0.3) is 21.5 Å². The summed E-state index contributed by atoms with van der Waals surface area (Å²) in [6.07, 6.45) is 1.21. The molecule has 7 heteroatoms. The van der Waals surface area contributed by atoms with Crippen molar-refractivity contribution in [1.82, 2.24) is 4.98 Å². The summed E-state index contributed by atoms with van der Waals surface area (Å²) < 4.78 is 10.6. The molecule has 2 aromatic carbocycles. The maximum Gasteiger partial charge on any atom is 0.313 e. The number of nitrogens with zero attached hydrogens (tertiary/aromatic N) is 1. The summed E-state index contributed by atoms with van der Waals surface area (Å²) in [6, 6.07) is 14.5. The van der Waals surface area contributed by atoms with Gasteiger partial charge < -0.3 is 9.15 Å². The van der Waals surface area contributed by atoms with E-state index in [9.17, 15) is 14.4 Å². The Labute approximate surface area is 174 Å². The molecule has 5 rings (SSSR count). The fourth-order valence-corrected chi connectivity index (χ4v) is 4.56. The number of aromatic nitrogens is 1. The highest BCUT2D eigenvalue weighted by atomic mass is 32.1. The minimum Gasteiger partial charge on any atom is -0.464 e. The number of aryl methyl sites for hydroxylation is 1. The van der Waals surface area contributed by atoms with Gasteiger partial charge in [0.15, 0.2) is 5.43 Å². The Morgan fingerprint density at radius 3 is 2.67 bits per heavy atom. The Balaban J connectivity index is 1.71. The molecule has 30 heavy (non-hydrogen) atoms. The number of esters is 1. The van der Waals surface area contributed by atoms with Gasteiger partial charge in [-0.2, -0.15) is 0 Å². The first kappa shape index (κ1) is 18.4. The smallest absolute Gasteiger partial charge is 0.313 e. The van der Waals surface area contributed by atoms with E-state index in [0.717, 1.165) is 22.5 Å². The lowest BCUT2D eigenvalue weighted by molar-refractivity contribution is -0.135. The van der Waals surface area contributed by atoms with Crippen molar-refractivity contribution in [3.05, 3.63) is 91.2 Å². The summed E-state index contributed by atoms with van der Waals surface area (Å²) in [5.74, 6) is -1.34. The molecule has 0 spiro atoms. The van der Waals surface area contributed by atoms with Gasteiger partial charge in [-0.25, -0.2) is 4.98 Å². The third-order valence-corrected chi connectivity index (χ3v) is 6.05. The molecule has 6 nitrogen and oxygen atoms in total. The molecule has 4 aromatic rings. The van der Waals surface area contributed by atoms with Crippen molar-refractivity contribution in [2.75, 3.05) is 0 Å². The molecular formula is C23H15NO5S. The number of hydrogen-bond donors (Lipinski definition) is 0. The van der Waals surface area contributed by atoms with E-state index in [1.807, 2.05) is 43.3 Å². The zero-order chi connectivity index (χ0) is 20.8. The van der Waals surface area contributed by atoms with Crippen LogP contribution in [-0.4, -0.2) is 11.0 Å². The van der Waals surface area contributed by atoms with Crippen LogP contribution in [0.4, 0.5) is 0 Å². The first-order valence-electron chi connectivity index (χ1n) is 9.34. The zero-order valence-corrected chi connectivity index (χ0v) is 16.7. The van der Waals surface area contributed by atoms with Gasteiger partial charge in [-0.1, -0.05) is 53.3 Å². The Hall–Kier alpha value is -3.58. The Bertz CT molecular complexity index is 1420. The second-order valence-corrected chi connectivity index (χ2v) is 8.10. The molecule has 0 aliphatic carbocycles. The highest BCUT2D eigenvalue weighted by Gasteiger charge is 2.35. The Kier molecular flexibility index (Phi) is 4.33. The monoisotopic (exact) mass is 417 g/mol. The third kappa shape index (κ3) is 3.04. The van der Waals surface area contributed by atoms with E-state index in [1.165, 1.54) is 6.26 Å². The maximum absolute atomic E-state index is 13.2. The Morgan fingerprint density at radius 1 is 1.07 bits per heavy atom.